The van der Waals surface area contributed by atoms with Crippen molar-refractivity contribution in [2.75, 3.05) is 37.8 Å². The Morgan fingerprint density at radius 3 is 2.68 bits per heavy atom. The van der Waals surface area contributed by atoms with E-state index in [0.29, 0.717) is 11.5 Å². The van der Waals surface area contributed by atoms with Crippen molar-refractivity contribution < 1.29 is 4.79 Å². The van der Waals surface area contributed by atoms with Gasteiger partial charge in [-0.3, -0.25) is 9.78 Å². The lowest BCUT2D eigenvalue weighted by molar-refractivity contribution is 0.102. The van der Waals surface area contributed by atoms with E-state index in [1.54, 1.807) is 12.4 Å². The second-order valence-electron chi connectivity index (χ2n) is 5.85. The van der Waals surface area contributed by atoms with Crippen LogP contribution < -0.4 is 10.6 Å². The third-order valence-electron chi connectivity index (χ3n) is 3.63. The molecule has 3 aromatic rings. The summed E-state index contributed by atoms with van der Waals surface area (Å²) in [5, 5.41) is 6.97. The number of aromatic nitrogens is 3. The summed E-state index contributed by atoms with van der Waals surface area (Å²) in [6.07, 6.45) is 4.73. The Kier molecular flexibility index (Phi) is 5.15. The Morgan fingerprint density at radius 1 is 1.08 bits per heavy atom. The first-order chi connectivity index (χ1) is 12.1. The van der Waals surface area contributed by atoms with Crippen molar-refractivity contribution in [1.82, 2.24) is 19.9 Å². The van der Waals surface area contributed by atoms with Crippen LogP contribution in [0.15, 0.2) is 48.9 Å². The molecule has 0 spiro atoms. The number of rotatable bonds is 6. The van der Waals surface area contributed by atoms with E-state index in [-0.39, 0.29) is 11.6 Å². The highest BCUT2D eigenvalue weighted by Gasteiger charge is 2.11. The quantitative estimate of drug-likeness (QED) is 0.718. The van der Waals surface area contributed by atoms with Gasteiger partial charge >= 0.3 is 0 Å². The van der Waals surface area contributed by atoms with E-state index in [0.717, 1.165) is 24.0 Å². The maximum atomic E-state index is 12.4. The minimum atomic E-state index is -0.314. The molecule has 7 nitrogen and oxygen atoms in total. The number of benzene rings is 1. The summed E-state index contributed by atoms with van der Waals surface area (Å²) in [5.41, 5.74) is 1.65. The highest BCUT2D eigenvalue weighted by atomic mass is 16.1. The molecule has 128 valence electrons. The molecule has 0 radical (unpaired) electrons. The maximum Gasteiger partial charge on any atom is 0.275 e. The fraction of sp³-hybridized carbons (Fsp3) is 0.222. The predicted molar refractivity (Wildman–Crippen MR) is 98.8 cm³/mol. The highest BCUT2D eigenvalue weighted by Crippen LogP contribution is 2.21. The molecular weight excluding hydrogens is 316 g/mol. The van der Waals surface area contributed by atoms with E-state index in [1.807, 2.05) is 44.4 Å². The average molecular weight is 336 g/mol. The van der Waals surface area contributed by atoms with Crippen LogP contribution >= 0.6 is 0 Å². The van der Waals surface area contributed by atoms with Gasteiger partial charge in [0.2, 0.25) is 0 Å². The molecule has 1 amide bonds. The van der Waals surface area contributed by atoms with Crippen LogP contribution in [0, 0.1) is 0 Å². The van der Waals surface area contributed by atoms with Crippen molar-refractivity contribution in [3.63, 3.8) is 0 Å². The fourth-order valence-electron chi connectivity index (χ4n) is 2.34. The first-order valence-corrected chi connectivity index (χ1v) is 7.99. The Hall–Kier alpha value is -3.06. The van der Waals surface area contributed by atoms with Gasteiger partial charge in [-0.2, -0.15) is 0 Å². The summed E-state index contributed by atoms with van der Waals surface area (Å²) in [6.45, 7) is 1.65. The van der Waals surface area contributed by atoms with Crippen LogP contribution in [-0.2, 0) is 0 Å². The van der Waals surface area contributed by atoms with Gasteiger partial charge in [0.05, 0.1) is 23.6 Å². The summed E-state index contributed by atoms with van der Waals surface area (Å²) in [5.74, 6) is 0.329. The van der Waals surface area contributed by atoms with Gasteiger partial charge in [0.25, 0.3) is 5.91 Å². The number of carbonyl (C=O) groups excluding carboxylic acids is 1. The molecule has 0 saturated carbocycles. The molecule has 0 atom stereocenters. The van der Waals surface area contributed by atoms with Gasteiger partial charge in [-0.15, -0.1) is 0 Å². The molecule has 0 aliphatic heterocycles. The van der Waals surface area contributed by atoms with Gasteiger partial charge in [-0.1, -0.05) is 18.2 Å². The topological polar surface area (TPSA) is 83.0 Å². The molecule has 0 unspecified atom stereocenters. The smallest absolute Gasteiger partial charge is 0.275 e. The molecule has 25 heavy (non-hydrogen) atoms. The number of carbonyl (C=O) groups is 1. The average Bonchev–Trinajstić information content (AvgIpc) is 2.62. The Bertz CT molecular complexity index is 858. The lowest BCUT2D eigenvalue weighted by Gasteiger charge is -2.11. The van der Waals surface area contributed by atoms with Gasteiger partial charge in [0.1, 0.15) is 11.5 Å². The van der Waals surface area contributed by atoms with E-state index < -0.39 is 0 Å². The zero-order chi connectivity index (χ0) is 17.6. The van der Waals surface area contributed by atoms with Crippen molar-refractivity contribution in [3.05, 3.63) is 54.6 Å². The first-order valence-electron chi connectivity index (χ1n) is 7.99. The van der Waals surface area contributed by atoms with Crippen LogP contribution in [-0.4, -0.2) is 52.9 Å². The fourth-order valence-corrected chi connectivity index (χ4v) is 2.34. The number of anilines is 2. The van der Waals surface area contributed by atoms with Crippen LogP contribution in [0.1, 0.15) is 10.5 Å². The Morgan fingerprint density at radius 2 is 1.92 bits per heavy atom. The zero-order valence-corrected chi connectivity index (χ0v) is 14.2. The van der Waals surface area contributed by atoms with Crippen LogP contribution in [0.3, 0.4) is 0 Å². The van der Waals surface area contributed by atoms with Crippen molar-refractivity contribution in [2.24, 2.45) is 0 Å². The molecule has 1 aromatic carbocycles. The minimum absolute atomic E-state index is 0.256. The van der Waals surface area contributed by atoms with Gasteiger partial charge in [-0.25, -0.2) is 9.97 Å². The second kappa shape index (κ2) is 7.67. The molecular formula is C18H20N6O. The molecule has 7 heteroatoms. The standard InChI is InChI=1S/C18H20N6O/c1-24(2)10-9-19-16-12-21-15(11-22-16)18(25)23-14-7-3-5-13-6-4-8-20-17(13)14/h3-8,11-12H,9-10H2,1-2H3,(H,19,22)(H,23,25). The number of para-hydroxylation sites is 1. The summed E-state index contributed by atoms with van der Waals surface area (Å²) in [7, 11) is 4.01. The summed E-state index contributed by atoms with van der Waals surface area (Å²) in [6, 6.07) is 9.46. The number of nitrogens with zero attached hydrogens (tertiary/aromatic N) is 4. The molecule has 0 saturated heterocycles. The van der Waals surface area contributed by atoms with Crippen molar-refractivity contribution in [3.8, 4) is 0 Å². The van der Waals surface area contributed by atoms with Gasteiger partial charge in [0.15, 0.2) is 0 Å². The van der Waals surface area contributed by atoms with Crippen LogP contribution in [0.25, 0.3) is 10.9 Å². The lowest BCUT2D eigenvalue weighted by Crippen LogP contribution is -2.21. The summed E-state index contributed by atoms with van der Waals surface area (Å²) >= 11 is 0. The first kappa shape index (κ1) is 16.8. The summed E-state index contributed by atoms with van der Waals surface area (Å²) < 4.78 is 0. The Labute approximate surface area is 146 Å². The van der Waals surface area contributed by atoms with E-state index in [2.05, 4.69) is 30.5 Å². The van der Waals surface area contributed by atoms with Crippen LogP contribution in [0.5, 0.6) is 0 Å². The molecule has 3 rings (SSSR count). The predicted octanol–water partition coefficient (Wildman–Crippen LogP) is 2.25. The van der Waals surface area contributed by atoms with E-state index in [4.69, 9.17) is 0 Å². The number of hydrogen-bond donors (Lipinski definition) is 2. The monoisotopic (exact) mass is 336 g/mol. The number of hydrogen-bond acceptors (Lipinski definition) is 6. The lowest BCUT2D eigenvalue weighted by atomic mass is 10.2. The van der Waals surface area contributed by atoms with Gasteiger partial charge in [0, 0.05) is 24.7 Å². The highest BCUT2D eigenvalue weighted by molar-refractivity contribution is 6.07. The Balaban J connectivity index is 1.68. The zero-order valence-electron chi connectivity index (χ0n) is 14.2. The number of fused-ring (bicyclic) bond motifs is 1. The van der Waals surface area contributed by atoms with Crippen LogP contribution in [0.4, 0.5) is 11.5 Å². The molecule has 0 bridgehead atoms. The number of likely N-dealkylation sites (N-methyl/N-ethyl adjacent to an activating group) is 1. The van der Waals surface area contributed by atoms with Crippen molar-refractivity contribution in [2.45, 2.75) is 0 Å². The normalized spacial score (nSPS) is 10.8. The maximum absolute atomic E-state index is 12.4. The van der Waals surface area contributed by atoms with Crippen molar-refractivity contribution >= 4 is 28.3 Å². The van der Waals surface area contributed by atoms with Gasteiger partial charge < -0.3 is 15.5 Å². The third-order valence-corrected chi connectivity index (χ3v) is 3.63. The molecule has 2 N–H and O–H groups in total. The number of amides is 1. The molecule has 0 aliphatic carbocycles. The second-order valence-corrected chi connectivity index (χ2v) is 5.85. The van der Waals surface area contributed by atoms with Crippen molar-refractivity contribution in [1.29, 1.82) is 0 Å². The molecule has 2 heterocycles. The van der Waals surface area contributed by atoms with E-state index >= 15 is 0 Å². The third kappa shape index (κ3) is 4.27. The largest absolute Gasteiger partial charge is 0.368 e. The SMILES string of the molecule is CN(C)CCNc1cnc(C(=O)Nc2cccc3cccnc23)cn1. The number of nitrogens with one attached hydrogen (secondary N) is 2. The molecule has 0 fully saturated rings. The van der Waals surface area contributed by atoms with Gasteiger partial charge in [-0.05, 0) is 26.2 Å². The van der Waals surface area contributed by atoms with E-state index in [9.17, 15) is 4.79 Å². The minimum Gasteiger partial charge on any atom is -0.368 e. The number of pyridine rings is 1. The summed E-state index contributed by atoms with van der Waals surface area (Å²) in [4.78, 5) is 27.2. The molecule has 0 aliphatic rings. The molecule has 2 aromatic heterocycles. The van der Waals surface area contributed by atoms with E-state index in [1.165, 1.54) is 6.20 Å². The van der Waals surface area contributed by atoms with Crippen LogP contribution in [0.2, 0.25) is 0 Å².